The van der Waals surface area contributed by atoms with E-state index in [1.165, 1.54) is 4.90 Å². The minimum Gasteiger partial charge on any atom is -0.316 e. The molecule has 0 unspecified atom stereocenters. The Labute approximate surface area is 129 Å². The van der Waals surface area contributed by atoms with Gasteiger partial charge in [-0.1, -0.05) is 30.3 Å². The van der Waals surface area contributed by atoms with Crippen LogP contribution in [0.25, 0.3) is 5.69 Å². The largest absolute Gasteiger partial charge is 0.316 e. The fourth-order valence-corrected chi connectivity index (χ4v) is 2.74. The zero-order chi connectivity index (χ0) is 14.5. The van der Waals surface area contributed by atoms with Gasteiger partial charge >= 0.3 is 0 Å². The lowest BCUT2D eigenvalue weighted by Crippen LogP contribution is -1.97. The maximum Gasteiger partial charge on any atom is 0.0766 e. The highest BCUT2D eigenvalue weighted by Gasteiger charge is 2.01. The molecule has 3 rings (SSSR count). The molecule has 104 valence electrons. The van der Waals surface area contributed by atoms with Crippen LogP contribution in [0.5, 0.6) is 0 Å². The van der Waals surface area contributed by atoms with E-state index in [9.17, 15) is 0 Å². The molecule has 1 aromatic heterocycles. The Bertz CT molecular complexity index is 745. The molecular formula is C18H16N2S. The van der Waals surface area contributed by atoms with Crippen LogP contribution < -0.4 is 0 Å². The molecule has 3 aromatic rings. The van der Waals surface area contributed by atoms with Crippen LogP contribution in [0.15, 0.2) is 82.8 Å². The normalized spacial score (nSPS) is 11.1. The molecule has 2 aromatic carbocycles. The molecule has 0 bridgehead atoms. The van der Waals surface area contributed by atoms with E-state index < -0.39 is 0 Å². The van der Waals surface area contributed by atoms with Crippen LogP contribution in [0.1, 0.15) is 5.69 Å². The number of hydrogen-bond donors (Lipinski definition) is 0. The first-order valence-corrected chi connectivity index (χ1v) is 8.01. The van der Waals surface area contributed by atoms with Gasteiger partial charge in [0.15, 0.2) is 0 Å². The third kappa shape index (κ3) is 3.09. The van der Waals surface area contributed by atoms with Crippen LogP contribution >= 0.6 is 11.8 Å². The van der Waals surface area contributed by atoms with Crippen LogP contribution in [-0.2, 0) is 0 Å². The van der Waals surface area contributed by atoms with Crippen LogP contribution in [0.3, 0.4) is 0 Å². The molecule has 0 amide bonds. The summed E-state index contributed by atoms with van der Waals surface area (Å²) in [4.78, 5) is 5.83. The van der Waals surface area contributed by atoms with Gasteiger partial charge in [-0.05, 0) is 42.7 Å². The molecule has 1 heterocycles. The maximum atomic E-state index is 4.64. The summed E-state index contributed by atoms with van der Waals surface area (Å²) in [5, 5.41) is 0. The van der Waals surface area contributed by atoms with Gasteiger partial charge in [0.25, 0.3) is 0 Å². The van der Waals surface area contributed by atoms with Crippen LogP contribution in [-0.4, -0.2) is 17.0 Å². The van der Waals surface area contributed by atoms with Gasteiger partial charge in [-0.15, -0.1) is 11.8 Å². The van der Waals surface area contributed by atoms with Crippen molar-refractivity contribution in [3.8, 4) is 5.69 Å². The van der Waals surface area contributed by atoms with Crippen molar-refractivity contribution in [1.82, 2.24) is 4.57 Å². The predicted molar refractivity (Wildman–Crippen MR) is 91.2 cm³/mol. The minimum absolute atomic E-state index is 1.01. The van der Waals surface area contributed by atoms with Gasteiger partial charge in [-0.2, -0.15) is 0 Å². The molecule has 0 aliphatic heterocycles. The van der Waals surface area contributed by atoms with E-state index >= 15 is 0 Å². The van der Waals surface area contributed by atoms with Gasteiger partial charge in [-0.25, -0.2) is 0 Å². The second-order valence-electron chi connectivity index (χ2n) is 4.57. The summed E-state index contributed by atoms with van der Waals surface area (Å²) >= 11 is 1.71. The van der Waals surface area contributed by atoms with Crippen molar-refractivity contribution in [2.45, 2.75) is 4.90 Å². The molecule has 0 atom stereocenters. The molecule has 3 heteroatoms. The molecule has 0 N–H and O–H groups in total. The summed E-state index contributed by atoms with van der Waals surface area (Å²) < 4.78 is 2.13. The highest BCUT2D eigenvalue weighted by Crippen LogP contribution is 2.27. The molecule has 0 fully saturated rings. The van der Waals surface area contributed by atoms with Crippen LogP contribution in [0, 0.1) is 0 Å². The summed E-state index contributed by atoms with van der Waals surface area (Å²) in [5.74, 6) is 0. The molecule has 0 radical (unpaired) electrons. The minimum atomic E-state index is 1.01. The SMILES string of the molecule is CSc1ccccc1N=Cc1cccn1-c1ccccc1. The van der Waals surface area contributed by atoms with Gasteiger partial charge in [0.05, 0.1) is 17.6 Å². The fourth-order valence-electron chi connectivity index (χ4n) is 2.20. The van der Waals surface area contributed by atoms with Crippen molar-refractivity contribution in [2.75, 3.05) is 6.26 Å². The van der Waals surface area contributed by atoms with E-state index in [-0.39, 0.29) is 0 Å². The van der Waals surface area contributed by atoms with Gasteiger partial charge in [0.1, 0.15) is 0 Å². The van der Waals surface area contributed by atoms with Gasteiger partial charge in [-0.3, -0.25) is 4.99 Å². The van der Waals surface area contributed by atoms with Crippen LogP contribution in [0.4, 0.5) is 5.69 Å². The van der Waals surface area contributed by atoms with Crippen molar-refractivity contribution < 1.29 is 0 Å². The number of para-hydroxylation sites is 2. The average Bonchev–Trinajstić information content (AvgIpc) is 3.02. The van der Waals surface area contributed by atoms with Gasteiger partial charge < -0.3 is 4.57 Å². The molecule has 0 spiro atoms. The second kappa shape index (κ2) is 6.46. The number of aliphatic imine (C=N–C) groups is 1. The van der Waals surface area contributed by atoms with Crippen molar-refractivity contribution in [1.29, 1.82) is 0 Å². The summed E-state index contributed by atoms with van der Waals surface area (Å²) in [7, 11) is 0. The first-order valence-electron chi connectivity index (χ1n) is 6.78. The van der Waals surface area contributed by atoms with E-state index in [1.54, 1.807) is 11.8 Å². The Hall–Kier alpha value is -2.26. The number of rotatable bonds is 4. The second-order valence-corrected chi connectivity index (χ2v) is 5.42. The average molecular weight is 292 g/mol. The lowest BCUT2D eigenvalue weighted by atomic mass is 10.3. The Morgan fingerprint density at radius 3 is 2.48 bits per heavy atom. The van der Waals surface area contributed by atoms with E-state index in [2.05, 4.69) is 46.3 Å². The smallest absolute Gasteiger partial charge is 0.0766 e. The summed E-state index contributed by atoms with van der Waals surface area (Å²) in [6.45, 7) is 0. The Kier molecular flexibility index (Phi) is 4.22. The summed E-state index contributed by atoms with van der Waals surface area (Å²) in [6.07, 6.45) is 6.04. The number of thioether (sulfide) groups is 1. The summed E-state index contributed by atoms with van der Waals surface area (Å²) in [6, 6.07) is 22.6. The Morgan fingerprint density at radius 1 is 0.905 bits per heavy atom. The quantitative estimate of drug-likeness (QED) is 0.491. The molecule has 21 heavy (non-hydrogen) atoms. The van der Waals surface area contributed by atoms with Crippen molar-refractivity contribution in [3.63, 3.8) is 0 Å². The van der Waals surface area contributed by atoms with Crippen molar-refractivity contribution in [3.05, 3.63) is 78.6 Å². The molecule has 0 aliphatic rings. The highest BCUT2D eigenvalue weighted by atomic mass is 32.2. The predicted octanol–water partition coefficient (Wildman–Crippen LogP) is 4.95. The van der Waals surface area contributed by atoms with Crippen molar-refractivity contribution >= 4 is 23.7 Å². The standard InChI is InChI=1S/C18H16N2S/c1-21-18-12-6-5-11-17(18)19-14-16-10-7-13-20(16)15-8-3-2-4-9-15/h2-14H,1H3. The lowest BCUT2D eigenvalue weighted by molar-refractivity contribution is 1.07. The van der Waals surface area contributed by atoms with Crippen LogP contribution in [0.2, 0.25) is 0 Å². The third-order valence-electron chi connectivity index (χ3n) is 3.24. The van der Waals surface area contributed by atoms with E-state index in [0.29, 0.717) is 0 Å². The molecule has 0 saturated heterocycles. The summed E-state index contributed by atoms with van der Waals surface area (Å²) in [5.41, 5.74) is 3.21. The van der Waals surface area contributed by atoms with Gasteiger partial charge in [0, 0.05) is 16.8 Å². The third-order valence-corrected chi connectivity index (χ3v) is 4.02. The molecular weight excluding hydrogens is 276 g/mol. The Balaban J connectivity index is 1.93. The van der Waals surface area contributed by atoms with E-state index in [0.717, 1.165) is 17.1 Å². The number of hydrogen-bond acceptors (Lipinski definition) is 2. The van der Waals surface area contributed by atoms with E-state index in [4.69, 9.17) is 0 Å². The Morgan fingerprint density at radius 2 is 1.67 bits per heavy atom. The number of nitrogens with zero attached hydrogens (tertiary/aromatic N) is 2. The topological polar surface area (TPSA) is 17.3 Å². The molecule has 0 aliphatic carbocycles. The maximum absolute atomic E-state index is 4.64. The first-order chi connectivity index (χ1) is 10.4. The number of benzene rings is 2. The van der Waals surface area contributed by atoms with Crippen molar-refractivity contribution in [2.24, 2.45) is 4.99 Å². The molecule has 2 nitrogen and oxygen atoms in total. The lowest BCUT2D eigenvalue weighted by Gasteiger charge is -2.06. The highest BCUT2D eigenvalue weighted by molar-refractivity contribution is 7.98. The van der Waals surface area contributed by atoms with E-state index in [1.807, 2.05) is 48.7 Å². The first kappa shape index (κ1) is 13.7. The monoisotopic (exact) mass is 292 g/mol. The zero-order valence-corrected chi connectivity index (χ0v) is 12.6. The molecule has 0 saturated carbocycles. The van der Waals surface area contributed by atoms with Gasteiger partial charge in [0.2, 0.25) is 0 Å². The zero-order valence-electron chi connectivity index (χ0n) is 11.8. The fraction of sp³-hybridized carbons (Fsp3) is 0.0556. The number of aromatic nitrogens is 1.